The Bertz CT molecular complexity index is 1500. The largest absolute Gasteiger partial charge is 0.480 e. The molecule has 2 saturated heterocycles. The van der Waals surface area contributed by atoms with E-state index in [-0.39, 0.29) is 13.0 Å². The van der Waals surface area contributed by atoms with Gasteiger partial charge in [-0.25, -0.2) is 9.18 Å². The maximum absolute atomic E-state index is 14.6. The van der Waals surface area contributed by atoms with E-state index in [4.69, 9.17) is 27.9 Å². The van der Waals surface area contributed by atoms with Gasteiger partial charge in [0.15, 0.2) is 0 Å². The molecule has 0 saturated carbocycles. The zero-order valence-corrected chi connectivity index (χ0v) is 26.1. The van der Waals surface area contributed by atoms with Crippen LogP contribution in [0, 0.1) is 5.82 Å². The van der Waals surface area contributed by atoms with E-state index in [1.807, 2.05) is 31.2 Å². The molecule has 7 nitrogen and oxygen atoms in total. The monoisotopic (exact) mass is 640 g/mol. The van der Waals surface area contributed by atoms with E-state index < -0.39 is 53.4 Å². The summed E-state index contributed by atoms with van der Waals surface area (Å²) < 4.78 is 20.3. The van der Waals surface area contributed by atoms with Crippen LogP contribution in [-0.2, 0) is 25.5 Å². The second-order valence-corrected chi connectivity index (χ2v) is 12.5. The molecular formula is C34H35Cl2FN2O5. The van der Waals surface area contributed by atoms with Crippen molar-refractivity contribution in [1.82, 2.24) is 9.80 Å². The van der Waals surface area contributed by atoms with Gasteiger partial charge in [-0.1, -0.05) is 72.9 Å². The number of aliphatic carboxylic acids is 1. The van der Waals surface area contributed by atoms with E-state index >= 15 is 0 Å². The molecule has 2 aliphatic rings. The Balaban J connectivity index is 1.66. The minimum atomic E-state index is -1.38. The molecule has 0 radical (unpaired) electrons. The molecule has 3 aromatic rings. The Kier molecular flexibility index (Phi) is 9.63. The Morgan fingerprint density at radius 1 is 1.00 bits per heavy atom. The number of hydrogen-bond donors (Lipinski definition) is 1. The molecule has 0 aromatic heterocycles. The SMILES string of the molecule is CCC[C@H](C(=O)N1CCC[C@@]1(C)C(=O)O)N1C(=O)[C@H](Cc2ccc(F)cc2)O[C@@H](c2ccc(Cl)cc2)[C@H]1c1ccc(Cl)cc1. The number of nitrogens with zero attached hydrogens (tertiary/aromatic N) is 2. The summed E-state index contributed by atoms with van der Waals surface area (Å²) in [4.78, 5) is 44.5. The fourth-order valence-electron chi connectivity index (χ4n) is 6.36. The van der Waals surface area contributed by atoms with Crippen LogP contribution < -0.4 is 0 Å². The van der Waals surface area contributed by atoms with E-state index in [0.29, 0.717) is 46.9 Å². The molecule has 44 heavy (non-hydrogen) atoms. The lowest BCUT2D eigenvalue weighted by molar-refractivity contribution is -0.184. The molecule has 10 heteroatoms. The number of carboxylic acids is 1. The highest BCUT2D eigenvalue weighted by Crippen LogP contribution is 2.45. The zero-order valence-electron chi connectivity index (χ0n) is 24.6. The predicted octanol–water partition coefficient (Wildman–Crippen LogP) is 7.02. The van der Waals surface area contributed by atoms with Gasteiger partial charge in [-0.15, -0.1) is 0 Å². The molecule has 0 spiro atoms. The topological polar surface area (TPSA) is 87.2 Å². The minimum absolute atomic E-state index is 0.149. The fraction of sp³-hybridized carbons (Fsp3) is 0.382. The molecule has 2 aliphatic heterocycles. The zero-order chi connectivity index (χ0) is 31.6. The second-order valence-electron chi connectivity index (χ2n) is 11.6. The molecule has 5 atom stereocenters. The third kappa shape index (κ3) is 6.34. The van der Waals surface area contributed by atoms with Gasteiger partial charge in [0.2, 0.25) is 5.91 Å². The molecule has 2 fully saturated rings. The van der Waals surface area contributed by atoms with E-state index in [0.717, 1.165) is 5.56 Å². The highest BCUT2D eigenvalue weighted by Gasteiger charge is 2.52. The van der Waals surface area contributed by atoms with Crippen LogP contribution in [0.2, 0.25) is 10.0 Å². The van der Waals surface area contributed by atoms with Gasteiger partial charge in [-0.2, -0.15) is 0 Å². The number of halogens is 3. The van der Waals surface area contributed by atoms with Crippen molar-refractivity contribution < 1.29 is 28.6 Å². The van der Waals surface area contributed by atoms with Crippen molar-refractivity contribution in [2.45, 2.75) is 75.8 Å². The summed E-state index contributed by atoms with van der Waals surface area (Å²) in [6.45, 7) is 3.77. The highest BCUT2D eigenvalue weighted by molar-refractivity contribution is 6.30. The number of carbonyl (C=O) groups excluding carboxylic acids is 2. The lowest BCUT2D eigenvalue weighted by Gasteiger charge is -2.49. The minimum Gasteiger partial charge on any atom is -0.480 e. The van der Waals surface area contributed by atoms with Crippen LogP contribution in [0.25, 0.3) is 0 Å². The van der Waals surface area contributed by atoms with Gasteiger partial charge in [0, 0.05) is 23.0 Å². The van der Waals surface area contributed by atoms with Gasteiger partial charge in [-0.05, 0) is 79.3 Å². The molecule has 0 bridgehead atoms. The quantitative estimate of drug-likeness (QED) is 0.272. The van der Waals surface area contributed by atoms with Crippen molar-refractivity contribution in [2.75, 3.05) is 6.54 Å². The molecule has 232 valence electrons. The molecule has 2 amide bonds. The number of likely N-dealkylation sites (tertiary alicyclic amines) is 1. The Morgan fingerprint density at radius 3 is 2.16 bits per heavy atom. The standard InChI is InChI=1S/C34H35Cl2FN2O5/c1-3-5-27(31(40)38-19-4-18-34(38,2)33(42)43)39-29(22-8-12-24(35)13-9-22)30(23-10-14-25(36)15-11-23)44-28(32(39)41)20-21-6-16-26(37)17-7-21/h6-17,27-30H,3-5,18-20H2,1-2H3,(H,42,43)/t27-,28+,29-,30+,34+/m1/s1. The normalized spacial score (nSPS) is 24.4. The molecule has 0 unspecified atom stereocenters. The second kappa shape index (κ2) is 13.3. The van der Waals surface area contributed by atoms with Crippen LogP contribution in [0.3, 0.4) is 0 Å². The average molecular weight is 642 g/mol. The summed E-state index contributed by atoms with van der Waals surface area (Å²) in [7, 11) is 0. The average Bonchev–Trinajstić information content (AvgIpc) is 3.41. The maximum atomic E-state index is 14.6. The first-order chi connectivity index (χ1) is 21.0. The van der Waals surface area contributed by atoms with Crippen molar-refractivity contribution in [3.8, 4) is 0 Å². The summed E-state index contributed by atoms with van der Waals surface area (Å²) in [6.07, 6.45) is 0.194. The van der Waals surface area contributed by atoms with Gasteiger partial charge >= 0.3 is 5.97 Å². The molecule has 1 N–H and O–H groups in total. The number of hydrogen-bond acceptors (Lipinski definition) is 4. The first kappa shape index (κ1) is 31.9. The van der Waals surface area contributed by atoms with Crippen LogP contribution in [0.1, 0.15) is 68.4 Å². The summed E-state index contributed by atoms with van der Waals surface area (Å²) in [6, 6.07) is 18.4. The van der Waals surface area contributed by atoms with Crippen LogP contribution in [-0.4, -0.2) is 56.9 Å². The van der Waals surface area contributed by atoms with E-state index in [9.17, 15) is 23.9 Å². The Morgan fingerprint density at radius 2 is 1.59 bits per heavy atom. The van der Waals surface area contributed by atoms with Gasteiger partial charge in [0.1, 0.15) is 29.6 Å². The number of amides is 2. The van der Waals surface area contributed by atoms with Crippen molar-refractivity contribution >= 4 is 41.0 Å². The number of carbonyl (C=O) groups is 3. The van der Waals surface area contributed by atoms with Gasteiger partial charge in [0.25, 0.3) is 5.91 Å². The molecule has 5 rings (SSSR count). The Hall–Kier alpha value is -3.46. The van der Waals surface area contributed by atoms with Gasteiger partial charge in [-0.3, -0.25) is 9.59 Å². The lowest BCUT2D eigenvalue weighted by Crippen LogP contribution is -2.62. The summed E-state index contributed by atoms with van der Waals surface area (Å²) in [5, 5.41) is 11.2. The number of rotatable bonds is 9. The first-order valence-corrected chi connectivity index (χ1v) is 15.6. The van der Waals surface area contributed by atoms with Crippen molar-refractivity contribution in [1.29, 1.82) is 0 Å². The van der Waals surface area contributed by atoms with Crippen LogP contribution in [0.5, 0.6) is 0 Å². The van der Waals surface area contributed by atoms with Crippen LogP contribution >= 0.6 is 23.2 Å². The van der Waals surface area contributed by atoms with Crippen molar-refractivity contribution in [3.05, 3.63) is 105 Å². The van der Waals surface area contributed by atoms with E-state index in [1.54, 1.807) is 48.2 Å². The molecular weight excluding hydrogens is 606 g/mol. The summed E-state index contributed by atoms with van der Waals surface area (Å²) in [5.41, 5.74) is 0.771. The van der Waals surface area contributed by atoms with Gasteiger partial charge < -0.3 is 19.6 Å². The maximum Gasteiger partial charge on any atom is 0.329 e. The highest BCUT2D eigenvalue weighted by atomic mass is 35.5. The van der Waals surface area contributed by atoms with Crippen LogP contribution in [0.15, 0.2) is 72.8 Å². The molecule has 2 heterocycles. The van der Waals surface area contributed by atoms with Crippen LogP contribution in [0.4, 0.5) is 4.39 Å². The molecule has 0 aliphatic carbocycles. The van der Waals surface area contributed by atoms with E-state index in [2.05, 4.69) is 0 Å². The number of benzene rings is 3. The fourth-order valence-corrected chi connectivity index (χ4v) is 6.61. The third-order valence-electron chi connectivity index (χ3n) is 8.72. The summed E-state index contributed by atoms with van der Waals surface area (Å²) >= 11 is 12.5. The molecule has 3 aromatic carbocycles. The predicted molar refractivity (Wildman–Crippen MR) is 166 cm³/mol. The first-order valence-electron chi connectivity index (χ1n) is 14.8. The van der Waals surface area contributed by atoms with Crippen molar-refractivity contribution in [2.24, 2.45) is 0 Å². The smallest absolute Gasteiger partial charge is 0.329 e. The summed E-state index contributed by atoms with van der Waals surface area (Å²) in [5.74, 6) is -2.27. The third-order valence-corrected chi connectivity index (χ3v) is 9.23. The Labute approximate surface area is 266 Å². The lowest BCUT2D eigenvalue weighted by atomic mass is 9.88. The number of ether oxygens (including phenoxy) is 1. The number of morpholine rings is 1. The van der Waals surface area contributed by atoms with Crippen molar-refractivity contribution in [3.63, 3.8) is 0 Å². The van der Waals surface area contributed by atoms with E-state index in [1.165, 1.54) is 17.0 Å². The number of carboxylic acid groups (broad SMARTS) is 1. The van der Waals surface area contributed by atoms with Gasteiger partial charge in [0.05, 0.1) is 6.04 Å².